The molecule has 0 unspecified atom stereocenters. The molecule has 0 aromatic carbocycles. The van der Waals surface area contributed by atoms with Crippen molar-refractivity contribution in [2.75, 3.05) is 11.5 Å². The monoisotopic (exact) mass is 367 g/mol. The molecule has 0 saturated carbocycles. The van der Waals surface area contributed by atoms with E-state index in [0.29, 0.717) is 0 Å². The summed E-state index contributed by atoms with van der Waals surface area (Å²) in [5, 5.41) is 2.81. The smallest absolute Gasteiger partial charge is 0.407 e. The molecule has 1 amide bonds. The van der Waals surface area contributed by atoms with Gasteiger partial charge in [-0.3, -0.25) is 0 Å². The summed E-state index contributed by atoms with van der Waals surface area (Å²) in [6, 6.07) is 0.0893. The third-order valence-corrected chi connectivity index (χ3v) is 5.82. The zero-order valence-electron chi connectivity index (χ0n) is 14.5. The number of nitrogens with one attached hydrogen (secondary N) is 1. The molecule has 0 aromatic heterocycles. The van der Waals surface area contributed by atoms with Gasteiger partial charge in [0.1, 0.15) is 6.10 Å². The standard InChI is InChI=1S/C19H27NO2S2.H2/c1-15(2)20-19(21)22-16(13-23-17-9-5-3-6-10-17)14-24-18-11-7-4-8-12-18;/h5,7,9-12,15-16H,3-4,6,8,13-14H2,1-2H3,(H,20,21);1H. The fraction of sp³-hybridized carbons (Fsp3) is 0.526. The molecule has 1 N–H and O–H groups in total. The average Bonchev–Trinajstić information content (AvgIpc) is 2.58. The van der Waals surface area contributed by atoms with Gasteiger partial charge in [-0.25, -0.2) is 4.79 Å². The lowest BCUT2D eigenvalue weighted by molar-refractivity contribution is 0.117. The first-order valence-electron chi connectivity index (χ1n) is 8.59. The second kappa shape index (κ2) is 10.7. The van der Waals surface area contributed by atoms with Crippen LogP contribution in [-0.2, 0) is 4.74 Å². The Kier molecular flexibility index (Phi) is 8.60. The van der Waals surface area contributed by atoms with Crippen LogP contribution < -0.4 is 5.32 Å². The molecule has 0 saturated heterocycles. The summed E-state index contributed by atoms with van der Waals surface area (Å²) in [5.74, 6) is 1.57. The molecule has 0 radical (unpaired) electrons. The summed E-state index contributed by atoms with van der Waals surface area (Å²) in [5.41, 5.74) is 0. The molecule has 0 aromatic rings. The van der Waals surface area contributed by atoms with Crippen LogP contribution >= 0.6 is 23.5 Å². The minimum absolute atomic E-state index is 0. The van der Waals surface area contributed by atoms with Crippen molar-refractivity contribution in [2.45, 2.75) is 51.7 Å². The van der Waals surface area contributed by atoms with E-state index in [4.69, 9.17) is 4.74 Å². The number of hydrogen-bond donors (Lipinski definition) is 1. The van der Waals surface area contributed by atoms with Crippen molar-refractivity contribution in [3.8, 4) is 0 Å². The summed E-state index contributed by atoms with van der Waals surface area (Å²) >= 11 is 3.54. The van der Waals surface area contributed by atoms with Gasteiger partial charge in [-0.15, -0.1) is 23.5 Å². The third-order valence-electron chi connectivity index (χ3n) is 3.47. The fourth-order valence-electron chi connectivity index (χ4n) is 2.31. The van der Waals surface area contributed by atoms with Crippen molar-refractivity contribution < 1.29 is 11.0 Å². The highest BCUT2D eigenvalue weighted by molar-refractivity contribution is 8.04. The van der Waals surface area contributed by atoms with Crippen LogP contribution in [-0.4, -0.2) is 29.7 Å². The van der Waals surface area contributed by atoms with E-state index in [2.05, 4.69) is 41.8 Å². The van der Waals surface area contributed by atoms with Crippen LogP contribution in [0.2, 0.25) is 0 Å². The van der Waals surface area contributed by atoms with Crippen LogP contribution in [0.5, 0.6) is 0 Å². The van der Waals surface area contributed by atoms with Crippen molar-refractivity contribution in [1.82, 2.24) is 5.32 Å². The topological polar surface area (TPSA) is 38.3 Å². The van der Waals surface area contributed by atoms with E-state index in [1.54, 1.807) is 23.5 Å². The SMILES string of the molecule is CC(C)NC(=O)OC(CSC1=CCCC=C1)CSC1=CCCC=C1.[HH]. The van der Waals surface area contributed by atoms with Gasteiger partial charge in [0.15, 0.2) is 0 Å². The first kappa shape index (κ1) is 19.3. The molecular formula is C19H29NO2S2. The number of ether oxygens (including phenoxy) is 1. The zero-order chi connectivity index (χ0) is 17.2. The molecule has 2 aliphatic carbocycles. The highest BCUT2D eigenvalue weighted by atomic mass is 32.2. The van der Waals surface area contributed by atoms with E-state index in [-0.39, 0.29) is 19.7 Å². The fourth-order valence-corrected chi connectivity index (χ4v) is 4.44. The quantitative estimate of drug-likeness (QED) is 0.600. The Morgan fingerprint density at radius 3 is 2.04 bits per heavy atom. The summed E-state index contributed by atoms with van der Waals surface area (Å²) in [6.07, 6.45) is 17.3. The summed E-state index contributed by atoms with van der Waals surface area (Å²) in [4.78, 5) is 14.5. The van der Waals surface area contributed by atoms with Gasteiger partial charge in [-0.1, -0.05) is 36.5 Å². The van der Waals surface area contributed by atoms with E-state index >= 15 is 0 Å². The maximum absolute atomic E-state index is 12.0. The lowest BCUT2D eigenvalue weighted by atomic mass is 10.2. The Balaban J connectivity index is 0.00000312. The van der Waals surface area contributed by atoms with E-state index < -0.39 is 0 Å². The van der Waals surface area contributed by atoms with Gasteiger partial charge in [0.2, 0.25) is 0 Å². The first-order valence-corrected chi connectivity index (χ1v) is 10.6. The number of rotatable bonds is 8. The molecule has 0 fully saturated rings. The number of carbonyl (C=O) groups excluding carboxylic acids is 1. The predicted molar refractivity (Wildman–Crippen MR) is 108 cm³/mol. The van der Waals surface area contributed by atoms with Gasteiger partial charge in [0.05, 0.1) is 0 Å². The van der Waals surface area contributed by atoms with Crippen molar-refractivity contribution in [3.05, 3.63) is 46.3 Å². The van der Waals surface area contributed by atoms with Crippen LogP contribution in [0, 0.1) is 0 Å². The van der Waals surface area contributed by atoms with Crippen molar-refractivity contribution in [2.24, 2.45) is 0 Å². The molecule has 0 atom stereocenters. The average molecular weight is 368 g/mol. The molecule has 3 nitrogen and oxygen atoms in total. The minimum atomic E-state index is -0.322. The number of alkyl carbamates (subject to hydrolysis) is 1. The van der Waals surface area contributed by atoms with Gasteiger partial charge in [0.25, 0.3) is 0 Å². The Bertz CT molecular complexity index is 506. The second-order valence-corrected chi connectivity index (χ2v) is 8.31. The van der Waals surface area contributed by atoms with E-state index in [1.165, 1.54) is 9.81 Å². The van der Waals surface area contributed by atoms with Gasteiger partial charge >= 0.3 is 6.09 Å². The van der Waals surface area contributed by atoms with Crippen molar-refractivity contribution in [1.29, 1.82) is 0 Å². The second-order valence-electron chi connectivity index (χ2n) is 6.12. The van der Waals surface area contributed by atoms with E-state index in [0.717, 1.165) is 37.2 Å². The normalized spacial score (nSPS) is 17.0. The number of amides is 1. The molecule has 24 heavy (non-hydrogen) atoms. The molecular weight excluding hydrogens is 338 g/mol. The number of allylic oxidation sites excluding steroid dienone is 6. The molecule has 0 bridgehead atoms. The zero-order valence-corrected chi connectivity index (χ0v) is 16.1. The summed E-state index contributed by atoms with van der Waals surface area (Å²) < 4.78 is 5.65. The Labute approximate surface area is 155 Å². The largest absolute Gasteiger partial charge is 0.444 e. The minimum Gasteiger partial charge on any atom is -0.444 e. The molecule has 0 spiro atoms. The van der Waals surface area contributed by atoms with Crippen LogP contribution in [0.3, 0.4) is 0 Å². The molecule has 0 aliphatic heterocycles. The van der Waals surface area contributed by atoms with Crippen LogP contribution in [0.25, 0.3) is 0 Å². The molecule has 2 rings (SSSR count). The number of hydrogen-bond acceptors (Lipinski definition) is 4. The molecule has 134 valence electrons. The number of carbonyl (C=O) groups is 1. The van der Waals surface area contributed by atoms with Crippen molar-refractivity contribution >= 4 is 29.6 Å². The first-order chi connectivity index (χ1) is 11.6. The lowest BCUT2D eigenvalue weighted by Gasteiger charge is -2.20. The van der Waals surface area contributed by atoms with E-state index in [9.17, 15) is 4.79 Å². The van der Waals surface area contributed by atoms with Crippen LogP contribution in [0.1, 0.15) is 41.0 Å². The summed E-state index contributed by atoms with van der Waals surface area (Å²) in [7, 11) is 0. The lowest BCUT2D eigenvalue weighted by Crippen LogP contribution is -2.35. The molecule has 5 heteroatoms. The van der Waals surface area contributed by atoms with Gasteiger partial charge in [0, 0.05) is 28.8 Å². The Morgan fingerprint density at radius 2 is 1.62 bits per heavy atom. The molecule has 0 heterocycles. The highest BCUT2D eigenvalue weighted by Gasteiger charge is 2.17. The van der Waals surface area contributed by atoms with Gasteiger partial charge < -0.3 is 10.1 Å². The highest BCUT2D eigenvalue weighted by Crippen LogP contribution is 2.27. The van der Waals surface area contributed by atoms with Gasteiger partial charge in [-0.05, 0) is 39.5 Å². The Morgan fingerprint density at radius 1 is 1.08 bits per heavy atom. The van der Waals surface area contributed by atoms with Crippen LogP contribution in [0.4, 0.5) is 4.79 Å². The Hall–Kier alpha value is -1.07. The third kappa shape index (κ3) is 7.67. The number of thioether (sulfide) groups is 2. The maximum Gasteiger partial charge on any atom is 0.407 e. The summed E-state index contributed by atoms with van der Waals surface area (Å²) in [6.45, 7) is 3.88. The van der Waals surface area contributed by atoms with Gasteiger partial charge in [-0.2, -0.15) is 0 Å². The van der Waals surface area contributed by atoms with Crippen LogP contribution in [0.15, 0.2) is 46.3 Å². The predicted octanol–water partition coefficient (Wildman–Crippen LogP) is 5.67. The molecule has 2 aliphatic rings. The van der Waals surface area contributed by atoms with Crippen molar-refractivity contribution in [3.63, 3.8) is 0 Å². The maximum atomic E-state index is 12.0. The van der Waals surface area contributed by atoms with E-state index in [1.807, 2.05) is 13.8 Å².